The van der Waals surface area contributed by atoms with Crippen molar-refractivity contribution in [3.63, 3.8) is 0 Å². The predicted molar refractivity (Wildman–Crippen MR) is 84.4 cm³/mol. The zero-order chi connectivity index (χ0) is 15.7. The average molecular weight is 322 g/mol. The Balaban J connectivity index is 2.23. The predicted octanol–water partition coefficient (Wildman–Crippen LogP) is 1.87. The van der Waals surface area contributed by atoms with E-state index in [-0.39, 0.29) is 16.4 Å². The van der Waals surface area contributed by atoms with Crippen LogP contribution in [0.15, 0.2) is 15.3 Å². The number of rotatable bonds is 4. The molecule has 0 aliphatic heterocycles. The smallest absolute Gasteiger partial charge is 0.339 e. The Morgan fingerprint density at radius 1 is 1.32 bits per heavy atom. The van der Waals surface area contributed by atoms with Crippen LogP contribution in [0.2, 0.25) is 5.02 Å². The highest BCUT2D eigenvalue weighted by molar-refractivity contribution is 6.33. The molecule has 0 radical (unpaired) electrons. The molecule has 0 bridgehead atoms. The van der Waals surface area contributed by atoms with Gasteiger partial charge in [0, 0.05) is 21.5 Å². The quantitative estimate of drug-likeness (QED) is 0.690. The van der Waals surface area contributed by atoms with E-state index >= 15 is 0 Å². The number of fused-ring (bicyclic) bond motifs is 3. The fraction of sp³-hybridized carbons (Fsp3) is 0.471. The van der Waals surface area contributed by atoms with Crippen LogP contribution in [0.5, 0.6) is 5.75 Å². The second-order valence-electron chi connectivity index (χ2n) is 5.88. The van der Waals surface area contributed by atoms with E-state index in [2.05, 4.69) is 6.92 Å². The zero-order valence-corrected chi connectivity index (χ0v) is 13.5. The molecular weight excluding hydrogens is 302 g/mol. The molecule has 0 saturated carbocycles. The fourth-order valence-corrected chi connectivity index (χ4v) is 3.45. The summed E-state index contributed by atoms with van der Waals surface area (Å²) < 4.78 is 5.52. The van der Waals surface area contributed by atoms with Crippen LogP contribution >= 0.6 is 11.6 Å². The van der Waals surface area contributed by atoms with Gasteiger partial charge in [-0.3, -0.25) is 0 Å². The first kappa shape index (κ1) is 15.4. The Morgan fingerprint density at radius 3 is 2.77 bits per heavy atom. The number of benzene rings is 1. The van der Waals surface area contributed by atoms with E-state index in [9.17, 15) is 9.90 Å². The maximum atomic E-state index is 12.3. The van der Waals surface area contributed by atoms with Crippen molar-refractivity contribution < 1.29 is 14.8 Å². The van der Waals surface area contributed by atoms with Crippen LogP contribution in [0.3, 0.4) is 0 Å². The van der Waals surface area contributed by atoms with Crippen molar-refractivity contribution >= 4 is 22.6 Å². The van der Waals surface area contributed by atoms with Crippen molar-refractivity contribution in [2.75, 3.05) is 6.54 Å². The average Bonchev–Trinajstić information content (AvgIpc) is 2.53. The fourth-order valence-electron chi connectivity index (χ4n) is 3.23. The third kappa shape index (κ3) is 2.61. The molecule has 1 heterocycles. The number of hydrogen-bond acceptors (Lipinski definition) is 3. The van der Waals surface area contributed by atoms with E-state index in [4.69, 9.17) is 16.0 Å². The molecule has 3 rings (SSSR count). The van der Waals surface area contributed by atoms with Crippen molar-refractivity contribution in [1.82, 2.24) is 0 Å². The molecule has 118 valence electrons. The monoisotopic (exact) mass is 321 g/mol. The summed E-state index contributed by atoms with van der Waals surface area (Å²) in [7, 11) is 0. The minimum atomic E-state index is -0.291. The Labute approximate surface area is 134 Å². The van der Waals surface area contributed by atoms with E-state index in [1.807, 2.05) is 5.32 Å². The van der Waals surface area contributed by atoms with Crippen molar-refractivity contribution in [1.29, 1.82) is 0 Å². The summed E-state index contributed by atoms with van der Waals surface area (Å²) in [6.07, 6.45) is 4.69. The summed E-state index contributed by atoms with van der Waals surface area (Å²) in [5.74, 6) is -0.222. The molecule has 1 aromatic carbocycles. The maximum absolute atomic E-state index is 12.3. The van der Waals surface area contributed by atoms with E-state index < -0.39 is 0 Å². The lowest BCUT2D eigenvalue weighted by Gasteiger charge is -2.21. The summed E-state index contributed by atoms with van der Waals surface area (Å²) in [6, 6.07) is 1.68. The number of quaternary nitrogens is 1. The molecule has 0 amide bonds. The van der Waals surface area contributed by atoms with E-state index in [0.717, 1.165) is 55.2 Å². The first-order chi connectivity index (χ1) is 10.6. The second-order valence-corrected chi connectivity index (χ2v) is 6.29. The van der Waals surface area contributed by atoms with E-state index in [1.54, 1.807) is 6.07 Å². The molecule has 0 atom stereocenters. The van der Waals surface area contributed by atoms with Gasteiger partial charge >= 0.3 is 5.63 Å². The van der Waals surface area contributed by atoms with Gasteiger partial charge in [0.1, 0.15) is 12.1 Å². The standard InChI is InChI=1S/C17H20ClNO3/c1-2-7-19-9-13-15(20)14(18)8-12-10-5-3-4-6-11(10)17(21)22-16(12)13/h8,19-20H,2-7,9H2,1H3. The van der Waals surface area contributed by atoms with Crippen molar-refractivity contribution in [3.05, 3.63) is 38.2 Å². The summed E-state index contributed by atoms with van der Waals surface area (Å²) in [6.45, 7) is 3.50. The van der Waals surface area contributed by atoms with Gasteiger partial charge in [-0.15, -0.1) is 0 Å². The maximum Gasteiger partial charge on any atom is 0.339 e. The van der Waals surface area contributed by atoms with E-state index in [1.165, 1.54) is 0 Å². The molecule has 0 unspecified atom stereocenters. The van der Waals surface area contributed by atoms with Gasteiger partial charge in [-0.1, -0.05) is 24.3 Å². The van der Waals surface area contributed by atoms with Gasteiger partial charge in [-0.2, -0.15) is 0 Å². The van der Waals surface area contributed by atoms with Crippen LogP contribution < -0.4 is 16.0 Å². The third-order valence-electron chi connectivity index (χ3n) is 4.36. The lowest BCUT2D eigenvalue weighted by Crippen LogP contribution is -2.82. The van der Waals surface area contributed by atoms with Crippen LogP contribution in [0.25, 0.3) is 11.0 Å². The van der Waals surface area contributed by atoms with Crippen LogP contribution in [0, 0.1) is 0 Å². The molecule has 1 aliphatic rings. The zero-order valence-electron chi connectivity index (χ0n) is 12.7. The van der Waals surface area contributed by atoms with Gasteiger partial charge in [0.15, 0.2) is 0 Å². The van der Waals surface area contributed by atoms with Gasteiger partial charge in [0.2, 0.25) is 0 Å². The Bertz CT molecular complexity index is 767. The second kappa shape index (κ2) is 6.31. The minimum absolute atomic E-state index is 0.217. The number of aryl methyl sites for hydroxylation is 1. The highest BCUT2D eigenvalue weighted by atomic mass is 35.5. The van der Waals surface area contributed by atoms with Gasteiger partial charge in [0.25, 0.3) is 0 Å². The normalized spacial score (nSPS) is 14.3. The van der Waals surface area contributed by atoms with Gasteiger partial charge in [0.05, 0.1) is 6.54 Å². The summed E-state index contributed by atoms with van der Waals surface area (Å²) in [5, 5.41) is 15.5. The van der Waals surface area contributed by atoms with Crippen molar-refractivity contribution in [2.24, 2.45) is 0 Å². The number of hydrogen-bond donors (Lipinski definition) is 1. The Kier molecular flexibility index (Phi) is 4.41. The molecule has 4 nitrogen and oxygen atoms in total. The molecule has 0 fully saturated rings. The Morgan fingerprint density at radius 2 is 2.05 bits per heavy atom. The number of nitrogens with two attached hydrogens (primary N) is 1. The molecule has 2 aromatic rings. The molecular formula is C17H20ClNO3. The van der Waals surface area contributed by atoms with Crippen LogP contribution in [0.4, 0.5) is 0 Å². The molecule has 0 spiro atoms. The topological polar surface area (TPSA) is 69.9 Å². The lowest BCUT2D eigenvalue weighted by molar-refractivity contribution is -0.670. The number of halogens is 1. The summed E-state index contributed by atoms with van der Waals surface area (Å²) in [5.41, 5.74) is 2.45. The van der Waals surface area contributed by atoms with Gasteiger partial charge in [-0.05, 0) is 43.7 Å². The minimum Gasteiger partial charge on any atom is -0.871 e. The third-order valence-corrected chi connectivity index (χ3v) is 4.64. The van der Waals surface area contributed by atoms with Crippen LogP contribution in [-0.4, -0.2) is 6.54 Å². The Hall–Kier alpha value is -1.52. The molecule has 0 saturated heterocycles. The highest BCUT2D eigenvalue weighted by Gasteiger charge is 2.21. The molecule has 1 aliphatic carbocycles. The SMILES string of the molecule is CCC[NH2+]Cc1c([O-])c(Cl)cc2c3c(c(=O)oc12)CCCC3. The molecule has 1 aromatic heterocycles. The lowest BCUT2D eigenvalue weighted by atomic mass is 9.90. The molecule has 22 heavy (non-hydrogen) atoms. The van der Waals surface area contributed by atoms with Crippen LogP contribution in [0.1, 0.15) is 42.9 Å². The largest absolute Gasteiger partial charge is 0.871 e. The van der Waals surface area contributed by atoms with E-state index in [0.29, 0.717) is 17.7 Å². The highest BCUT2D eigenvalue weighted by Crippen LogP contribution is 2.35. The molecule has 5 heteroatoms. The van der Waals surface area contributed by atoms with Gasteiger partial charge < -0.3 is 14.8 Å². The molecule has 2 N–H and O–H groups in total. The first-order valence-corrected chi connectivity index (χ1v) is 8.30. The van der Waals surface area contributed by atoms with Crippen molar-refractivity contribution in [3.8, 4) is 5.75 Å². The summed E-state index contributed by atoms with van der Waals surface area (Å²) in [4.78, 5) is 12.2. The van der Waals surface area contributed by atoms with Crippen LogP contribution in [-0.2, 0) is 19.4 Å². The first-order valence-electron chi connectivity index (χ1n) is 7.92. The van der Waals surface area contributed by atoms with Gasteiger partial charge in [-0.25, -0.2) is 4.79 Å². The van der Waals surface area contributed by atoms with Crippen molar-refractivity contribution in [2.45, 2.75) is 45.6 Å². The summed E-state index contributed by atoms with van der Waals surface area (Å²) >= 11 is 6.14.